The highest BCUT2D eigenvalue weighted by Gasteiger charge is 2.18. The molecule has 92 valence electrons. The Kier molecular flexibility index (Phi) is 4.74. The zero-order valence-corrected chi connectivity index (χ0v) is 11.0. The number of halogens is 1. The minimum atomic E-state index is -0.145. The first-order chi connectivity index (χ1) is 8.29. The Morgan fingerprint density at radius 2 is 1.88 bits per heavy atom. The summed E-state index contributed by atoms with van der Waals surface area (Å²) in [6, 6.07) is 7.95. The SMILES string of the molecule is OCCC[C@H]1C=C[C@@H](c2ccc(Br)cc2)OO1. The van der Waals surface area contributed by atoms with Gasteiger partial charge in [-0.3, -0.25) is 0 Å². The molecule has 0 unspecified atom stereocenters. The quantitative estimate of drug-likeness (QED) is 0.685. The molecule has 0 spiro atoms. The summed E-state index contributed by atoms with van der Waals surface area (Å²) in [6.07, 6.45) is 5.30. The van der Waals surface area contributed by atoms with Gasteiger partial charge in [0, 0.05) is 11.1 Å². The molecule has 17 heavy (non-hydrogen) atoms. The summed E-state index contributed by atoms with van der Waals surface area (Å²) in [5.74, 6) is 0. The van der Waals surface area contributed by atoms with E-state index < -0.39 is 0 Å². The number of rotatable bonds is 4. The number of aliphatic hydroxyl groups excluding tert-OH is 1. The van der Waals surface area contributed by atoms with Gasteiger partial charge in [0.15, 0.2) is 0 Å². The predicted octanol–water partition coefficient (Wildman–Crippen LogP) is 3.15. The van der Waals surface area contributed by atoms with Gasteiger partial charge in [-0.1, -0.05) is 34.1 Å². The van der Waals surface area contributed by atoms with E-state index in [-0.39, 0.29) is 18.8 Å². The van der Waals surface area contributed by atoms with Gasteiger partial charge in [-0.05, 0) is 36.6 Å². The molecule has 3 nitrogen and oxygen atoms in total. The third-order valence-corrected chi connectivity index (χ3v) is 3.16. The van der Waals surface area contributed by atoms with Crippen LogP contribution in [0.25, 0.3) is 0 Å². The van der Waals surface area contributed by atoms with Crippen LogP contribution >= 0.6 is 15.9 Å². The van der Waals surface area contributed by atoms with Gasteiger partial charge in [0.1, 0.15) is 12.2 Å². The molecule has 2 rings (SSSR count). The molecule has 0 bridgehead atoms. The number of hydrogen-bond donors (Lipinski definition) is 1. The Labute approximate surface area is 109 Å². The normalized spacial score (nSPS) is 23.9. The van der Waals surface area contributed by atoms with Gasteiger partial charge >= 0.3 is 0 Å². The first-order valence-electron chi connectivity index (χ1n) is 5.66. The summed E-state index contributed by atoms with van der Waals surface area (Å²) in [5.41, 5.74) is 1.06. The van der Waals surface area contributed by atoms with Gasteiger partial charge in [-0.25, -0.2) is 9.78 Å². The van der Waals surface area contributed by atoms with Crippen LogP contribution in [0.3, 0.4) is 0 Å². The number of aliphatic hydroxyl groups is 1. The van der Waals surface area contributed by atoms with Crippen LogP contribution in [0.1, 0.15) is 24.5 Å². The van der Waals surface area contributed by atoms with Gasteiger partial charge in [-0.15, -0.1) is 0 Å². The molecule has 1 aliphatic heterocycles. The average Bonchev–Trinajstić information content (AvgIpc) is 2.38. The molecule has 0 radical (unpaired) electrons. The van der Waals surface area contributed by atoms with Crippen molar-refractivity contribution in [2.75, 3.05) is 6.61 Å². The molecule has 4 heteroatoms. The van der Waals surface area contributed by atoms with Gasteiger partial charge in [0.2, 0.25) is 0 Å². The summed E-state index contributed by atoms with van der Waals surface area (Å²) >= 11 is 3.39. The number of benzene rings is 1. The van der Waals surface area contributed by atoms with Crippen molar-refractivity contribution >= 4 is 15.9 Å². The summed E-state index contributed by atoms with van der Waals surface area (Å²) in [7, 11) is 0. The molecule has 1 aromatic carbocycles. The maximum atomic E-state index is 8.73. The van der Waals surface area contributed by atoms with Crippen LogP contribution < -0.4 is 0 Å². The third kappa shape index (κ3) is 3.64. The standard InChI is InChI=1S/C13H15BrO3/c14-11-5-3-10(4-6-11)13-8-7-12(16-17-13)2-1-9-15/h3-8,12-13,15H,1-2,9H2/t12-,13-/m0/s1. The van der Waals surface area contributed by atoms with Crippen molar-refractivity contribution < 1.29 is 14.9 Å². The molecule has 1 N–H and O–H groups in total. The van der Waals surface area contributed by atoms with E-state index in [1.54, 1.807) is 0 Å². The Morgan fingerprint density at radius 3 is 2.47 bits per heavy atom. The van der Waals surface area contributed by atoms with E-state index >= 15 is 0 Å². The van der Waals surface area contributed by atoms with Crippen LogP contribution in [0.5, 0.6) is 0 Å². The molecule has 0 fully saturated rings. The summed E-state index contributed by atoms with van der Waals surface area (Å²) in [4.78, 5) is 10.6. The highest BCUT2D eigenvalue weighted by molar-refractivity contribution is 9.10. The van der Waals surface area contributed by atoms with E-state index in [0.29, 0.717) is 0 Å². The number of hydrogen-bond acceptors (Lipinski definition) is 3. The fraction of sp³-hybridized carbons (Fsp3) is 0.385. The summed E-state index contributed by atoms with van der Waals surface area (Å²) in [5, 5.41) is 8.73. The fourth-order valence-corrected chi connectivity index (χ4v) is 1.94. The van der Waals surface area contributed by atoms with Crippen molar-refractivity contribution in [2.45, 2.75) is 25.0 Å². The van der Waals surface area contributed by atoms with Crippen molar-refractivity contribution in [3.05, 3.63) is 46.5 Å². The smallest absolute Gasteiger partial charge is 0.136 e. The Bertz CT molecular complexity index is 375. The predicted molar refractivity (Wildman–Crippen MR) is 68.3 cm³/mol. The second kappa shape index (κ2) is 6.31. The monoisotopic (exact) mass is 298 g/mol. The minimum Gasteiger partial charge on any atom is -0.396 e. The maximum absolute atomic E-state index is 8.73. The zero-order chi connectivity index (χ0) is 12.1. The lowest BCUT2D eigenvalue weighted by atomic mass is 10.1. The van der Waals surface area contributed by atoms with Crippen LogP contribution in [-0.2, 0) is 9.78 Å². The van der Waals surface area contributed by atoms with Crippen LogP contribution in [0.4, 0.5) is 0 Å². The first-order valence-corrected chi connectivity index (χ1v) is 6.45. The van der Waals surface area contributed by atoms with E-state index in [1.807, 2.05) is 36.4 Å². The van der Waals surface area contributed by atoms with Gasteiger partial charge in [0.25, 0.3) is 0 Å². The molecule has 1 aliphatic rings. The zero-order valence-electron chi connectivity index (χ0n) is 9.38. The molecular formula is C13H15BrO3. The Balaban J connectivity index is 1.95. The second-order valence-electron chi connectivity index (χ2n) is 3.95. The lowest BCUT2D eigenvalue weighted by Gasteiger charge is -2.22. The Morgan fingerprint density at radius 1 is 1.12 bits per heavy atom. The highest BCUT2D eigenvalue weighted by atomic mass is 79.9. The van der Waals surface area contributed by atoms with Crippen molar-refractivity contribution in [1.82, 2.24) is 0 Å². The fourth-order valence-electron chi connectivity index (χ4n) is 1.68. The van der Waals surface area contributed by atoms with Crippen molar-refractivity contribution in [1.29, 1.82) is 0 Å². The molecule has 0 aromatic heterocycles. The van der Waals surface area contributed by atoms with E-state index in [2.05, 4.69) is 15.9 Å². The van der Waals surface area contributed by atoms with Crippen LogP contribution in [0.2, 0.25) is 0 Å². The van der Waals surface area contributed by atoms with Crippen LogP contribution in [-0.4, -0.2) is 17.8 Å². The molecule has 0 saturated heterocycles. The van der Waals surface area contributed by atoms with Crippen molar-refractivity contribution in [3.8, 4) is 0 Å². The first kappa shape index (κ1) is 12.8. The lowest BCUT2D eigenvalue weighted by Crippen LogP contribution is -2.18. The molecule has 1 heterocycles. The molecular weight excluding hydrogens is 284 g/mol. The van der Waals surface area contributed by atoms with Gasteiger partial charge in [-0.2, -0.15) is 0 Å². The van der Waals surface area contributed by atoms with Gasteiger partial charge in [0.05, 0.1) is 0 Å². The topological polar surface area (TPSA) is 38.7 Å². The molecule has 1 aromatic rings. The van der Waals surface area contributed by atoms with E-state index in [4.69, 9.17) is 14.9 Å². The highest BCUT2D eigenvalue weighted by Crippen LogP contribution is 2.26. The minimum absolute atomic E-state index is 0.0474. The Hall–Kier alpha value is -0.680. The van der Waals surface area contributed by atoms with Crippen LogP contribution in [0.15, 0.2) is 40.9 Å². The van der Waals surface area contributed by atoms with E-state index in [0.717, 1.165) is 22.9 Å². The third-order valence-electron chi connectivity index (χ3n) is 2.63. The molecule has 0 amide bonds. The average molecular weight is 299 g/mol. The van der Waals surface area contributed by atoms with Crippen molar-refractivity contribution in [3.63, 3.8) is 0 Å². The van der Waals surface area contributed by atoms with E-state index in [9.17, 15) is 0 Å². The second-order valence-corrected chi connectivity index (χ2v) is 4.87. The summed E-state index contributed by atoms with van der Waals surface area (Å²) in [6.45, 7) is 0.184. The van der Waals surface area contributed by atoms with Crippen LogP contribution in [0, 0.1) is 0 Å². The van der Waals surface area contributed by atoms with Crippen molar-refractivity contribution in [2.24, 2.45) is 0 Å². The lowest BCUT2D eigenvalue weighted by molar-refractivity contribution is -0.343. The summed E-state index contributed by atoms with van der Waals surface area (Å²) < 4.78 is 1.04. The largest absolute Gasteiger partial charge is 0.396 e. The molecule has 2 atom stereocenters. The maximum Gasteiger partial charge on any atom is 0.136 e. The van der Waals surface area contributed by atoms with E-state index in [1.165, 1.54) is 0 Å². The van der Waals surface area contributed by atoms with Gasteiger partial charge < -0.3 is 5.11 Å². The molecule has 0 saturated carbocycles. The molecule has 0 aliphatic carbocycles.